The maximum absolute atomic E-state index is 6.01. The lowest BCUT2D eigenvalue weighted by molar-refractivity contribution is 0.353. The lowest BCUT2D eigenvalue weighted by Crippen LogP contribution is -2.07. The fourth-order valence-corrected chi connectivity index (χ4v) is 1.99. The summed E-state index contributed by atoms with van der Waals surface area (Å²) in [6, 6.07) is 4.03. The molecule has 0 atom stereocenters. The van der Waals surface area contributed by atoms with Crippen molar-refractivity contribution in [1.29, 1.82) is 0 Å². The second-order valence-corrected chi connectivity index (χ2v) is 3.83. The van der Waals surface area contributed by atoms with Gasteiger partial charge in [0, 0.05) is 13.1 Å². The molecule has 3 heteroatoms. The van der Waals surface area contributed by atoms with Crippen molar-refractivity contribution in [3.8, 4) is 5.75 Å². The molecule has 0 fully saturated rings. The van der Waals surface area contributed by atoms with Crippen LogP contribution in [0.2, 0.25) is 5.02 Å². The van der Waals surface area contributed by atoms with Gasteiger partial charge in [0.15, 0.2) is 0 Å². The molecular formula is C10H12ClNO. The fourth-order valence-electron chi connectivity index (χ4n) is 1.72. The summed E-state index contributed by atoms with van der Waals surface area (Å²) >= 11 is 6.01. The molecule has 1 heterocycles. The number of ether oxygens (including phenoxy) is 1. The molecule has 0 bridgehead atoms. The van der Waals surface area contributed by atoms with E-state index in [1.807, 2.05) is 12.1 Å². The zero-order chi connectivity index (χ0) is 9.42. The van der Waals surface area contributed by atoms with Gasteiger partial charge in [-0.25, -0.2) is 0 Å². The number of hydrogen-bond acceptors (Lipinski definition) is 2. The zero-order valence-corrected chi connectivity index (χ0v) is 8.56. The standard InChI is InChI=1S/C10H12ClNO/c1-12-5-7-3-9(11)10(13-2)4-8(7)6-12/h3-4H,5-6H2,1-2H3. The highest BCUT2D eigenvalue weighted by Gasteiger charge is 2.17. The van der Waals surface area contributed by atoms with E-state index in [2.05, 4.69) is 11.9 Å². The Hall–Kier alpha value is -0.730. The van der Waals surface area contributed by atoms with Gasteiger partial charge < -0.3 is 4.74 Å². The predicted molar refractivity (Wildman–Crippen MR) is 53.2 cm³/mol. The van der Waals surface area contributed by atoms with Crippen LogP contribution in [0.25, 0.3) is 0 Å². The van der Waals surface area contributed by atoms with Crippen molar-refractivity contribution in [2.24, 2.45) is 0 Å². The van der Waals surface area contributed by atoms with E-state index in [9.17, 15) is 0 Å². The first-order valence-corrected chi connectivity index (χ1v) is 4.62. The van der Waals surface area contributed by atoms with Crippen molar-refractivity contribution in [3.05, 3.63) is 28.3 Å². The molecule has 0 N–H and O–H groups in total. The zero-order valence-electron chi connectivity index (χ0n) is 7.80. The first-order chi connectivity index (χ1) is 6.20. The van der Waals surface area contributed by atoms with E-state index in [4.69, 9.17) is 16.3 Å². The molecule has 1 aliphatic rings. The van der Waals surface area contributed by atoms with E-state index in [1.54, 1.807) is 7.11 Å². The van der Waals surface area contributed by atoms with Crippen molar-refractivity contribution in [1.82, 2.24) is 4.90 Å². The Morgan fingerprint density at radius 1 is 1.31 bits per heavy atom. The molecule has 70 valence electrons. The van der Waals surface area contributed by atoms with E-state index < -0.39 is 0 Å². The molecular weight excluding hydrogens is 186 g/mol. The Labute approximate surface area is 83.1 Å². The molecule has 1 aromatic rings. The summed E-state index contributed by atoms with van der Waals surface area (Å²) in [4.78, 5) is 2.25. The smallest absolute Gasteiger partial charge is 0.137 e. The third kappa shape index (κ3) is 1.52. The summed E-state index contributed by atoms with van der Waals surface area (Å²) in [5, 5.41) is 0.705. The van der Waals surface area contributed by atoms with Gasteiger partial charge in [0.05, 0.1) is 12.1 Å². The van der Waals surface area contributed by atoms with E-state index in [0.29, 0.717) is 5.02 Å². The minimum Gasteiger partial charge on any atom is -0.495 e. The van der Waals surface area contributed by atoms with Gasteiger partial charge in [0.2, 0.25) is 0 Å². The molecule has 1 aromatic carbocycles. The van der Waals surface area contributed by atoms with Crippen LogP contribution >= 0.6 is 11.6 Å². The van der Waals surface area contributed by atoms with Gasteiger partial charge in [-0.3, -0.25) is 4.90 Å². The van der Waals surface area contributed by atoms with Crippen LogP contribution in [-0.4, -0.2) is 19.1 Å². The molecule has 0 unspecified atom stereocenters. The number of methoxy groups -OCH3 is 1. The van der Waals surface area contributed by atoms with Crippen molar-refractivity contribution in [2.45, 2.75) is 13.1 Å². The number of hydrogen-bond donors (Lipinski definition) is 0. The third-order valence-corrected chi connectivity index (χ3v) is 2.65. The minimum atomic E-state index is 0.705. The Balaban J connectivity index is 2.44. The van der Waals surface area contributed by atoms with E-state index in [1.165, 1.54) is 11.1 Å². The minimum absolute atomic E-state index is 0.705. The molecule has 2 rings (SSSR count). The van der Waals surface area contributed by atoms with Gasteiger partial charge in [-0.1, -0.05) is 11.6 Å². The highest BCUT2D eigenvalue weighted by Crippen LogP contribution is 2.32. The monoisotopic (exact) mass is 197 g/mol. The maximum atomic E-state index is 6.01. The van der Waals surface area contributed by atoms with Crippen LogP contribution in [0.5, 0.6) is 5.75 Å². The normalized spacial score (nSPS) is 15.9. The predicted octanol–water partition coefficient (Wildman–Crippen LogP) is 2.29. The highest BCUT2D eigenvalue weighted by atomic mass is 35.5. The summed E-state index contributed by atoms with van der Waals surface area (Å²) in [6.45, 7) is 1.97. The van der Waals surface area contributed by atoms with Crippen molar-refractivity contribution in [2.75, 3.05) is 14.2 Å². The molecule has 0 saturated carbocycles. The van der Waals surface area contributed by atoms with Gasteiger partial charge in [-0.15, -0.1) is 0 Å². The average Bonchev–Trinajstić information content (AvgIpc) is 2.42. The van der Waals surface area contributed by atoms with Crippen LogP contribution < -0.4 is 4.74 Å². The lowest BCUT2D eigenvalue weighted by Gasteiger charge is -2.05. The van der Waals surface area contributed by atoms with Gasteiger partial charge >= 0.3 is 0 Å². The SMILES string of the molecule is COc1cc2c(cc1Cl)CN(C)C2. The molecule has 0 radical (unpaired) electrons. The van der Waals surface area contributed by atoms with Crippen LogP contribution in [0.3, 0.4) is 0 Å². The second-order valence-electron chi connectivity index (χ2n) is 3.43. The molecule has 0 aromatic heterocycles. The van der Waals surface area contributed by atoms with Crippen molar-refractivity contribution < 1.29 is 4.74 Å². The Bertz CT molecular complexity index is 338. The van der Waals surface area contributed by atoms with E-state index in [-0.39, 0.29) is 0 Å². The first-order valence-electron chi connectivity index (χ1n) is 4.24. The third-order valence-electron chi connectivity index (χ3n) is 2.35. The Kier molecular flexibility index (Phi) is 2.18. The number of nitrogens with zero attached hydrogens (tertiary/aromatic N) is 1. The molecule has 1 aliphatic heterocycles. The lowest BCUT2D eigenvalue weighted by atomic mass is 10.1. The fraction of sp³-hybridized carbons (Fsp3) is 0.400. The molecule has 2 nitrogen and oxygen atoms in total. The van der Waals surface area contributed by atoms with E-state index in [0.717, 1.165) is 18.8 Å². The van der Waals surface area contributed by atoms with Crippen LogP contribution in [0, 0.1) is 0 Å². The van der Waals surface area contributed by atoms with Gasteiger partial charge in [0.25, 0.3) is 0 Å². The Morgan fingerprint density at radius 3 is 2.54 bits per heavy atom. The number of halogens is 1. The number of benzene rings is 1. The summed E-state index contributed by atoms with van der Waals surface area (Å²) in [5.41, 5.74) is 2.64. The van der Waals surface area contributed by atoms with Crippen LogP contribution in [0.1, 0.15) is 11.1 Å². The average molecular weight is 198 g/mol. The largest absolute Gasteiger partial charge is 0.495 e. The topological polar surface area (TPSA) is 12.5 Å². The summed E-state index contributed by atoms with van der Waals surface area (Å²) in [5.74, 6) is 0.774. The van der Waals surface area contributed by atoms with Crippen LogP contribution in [0.15, 0.2) is 12.1 Å². The van der Waals surface area contributed by atoms with Crippen LogP contribution in [-0.2, 0) is 13.1 Å². The first kappa shape index (κ1) is 8.85. The summed E-state index contributed by atoms with van der Waals surface area (Å²) in [6.07, 6.45) is 0. The summed E-state index contributed by atoms with van der Waals surface area (Å²) in [7, 11) is 3.74. The quantitative estimate of drug-likeness (QED) is 0.685. The number of fused-ring (bicyclic) bond motifs is 1. The highest BCUT2D eigenvalue weighted by molar-refractivity contribution is 6.32. The molecule has 0 aliphatic carbocycles. The summed E-state index contributed by atoms with van der Waals surface area (Å²) < 4.78 is 5.16. The Morgan fingerprint density at radius 2 is 1.92 bits per heavy atom. The van der Waals surface area contributed by atoms with Crippen molar-refractivity contribution in [3.63, 3.8) is 0 Å². The molecule has 0 spiro atoms. The van der Waals surface area contributed by atoms with Gasteiger partial charge in [0.1, 0.15) is 5.75 Å². The number of rotatable bonds is 1. The van der Waals surface area contributed by atoms with Gasteiger partial charge in [-0.2, -0.15) is 0 Å². The van der Waals surface area contributed by atoms with Gasteiger partial charge in [-0.05, 0) is 30.3 Å². The maximum Gasteiger partial charge on any atom is 0.137 e. The molecule has 0 amide bonds. The molecule has 0 saturated heterocycles. The van der Waals surface area contributed by atoms with E-state index >= 15 is 0 Å². The second kappa shape index (κ2) is 3.20. The van der Waals surface area contributed by atoms with Crippen molar-refractivity contribution >= 4 is 11.6 Å². The molecule has 13 heavy (non-hydrogen) atoms. The van der Waals surface area contributed by atoms with Crippen LogP contribution in [0.4, 0.5) is 0 Å².